The molecule has 0 N–H and O–H groups in total. The highest BCUT2D eigenvalue weighted by atomic mass is 35.7. The first kappa shape index (κ1) is 16.7. The van der Waals surface area contributed by atoms with Crippen molar-refractivity contribution in [1.82, 2.24) is 0 Å². The fourth-order valence-corrected chi connectivity index (χ4v) is 4.37. The molecule has 0 amide bonds. The van der Waals surface area contributed by atoms with E-state index in [1.165, 1.54) is 51.4 Å². The summed E-state index contributed by atoms with van der Waals surface area (Å²) < 4.78 is 0. The maximum Gasteiger partial charge on any atom is -0.00395 e. The highest BCUT2D eigenvalue weighted by molar-refractivity contribution is 7.85. The van der Waals surface area contributed by atoms with Crippen LogP contribution in [0.3, 0.4) is 0 Å². The van der Waals surface area contributed by atoms with Crippen LogP contribution >= 0.6 is 18.5 Å². The van der Waals surface area contributed by atoms with Gasteiger partial charge in [-0.1, -0.05) is 77.5 Å². The Balaban J connectivity index is 3.68. The molecule has 0 aliphatic carbocycles. The van der Waals surface area contributed by atoms with Gasteiger partial charge >= 0.3 is 0 Å². The van der Waals surface area contributed by atoms with E-state index in [0.717, 1.165) is 11.3 Å². The lowest BCUT2D eigenvalue weighted by atomic mass is 10.2. The summed E-state index contributed by atoms with van der Waals surface area (Å²) in [6.45, 7) is 9.23. The summed E-state index contributed by atoms with van der Waals surface area (Å²) in [7, 11) is -0.264. The van der Waals surface area contributed by atoms with Gasteiger partial charge in [0.2, 0.25) is 0 Å². The second-order valence-corrected chi connectivity index (χ2v) is 8.66. The fraction of sp³-hybridized carbons (Fsp3) is 1.00. The number of hydrogen-bond acceptors (Lipinski definition) is 0. The Morgan fingerprint density at radius 2 is 1.19 bits per heavy atom. The molecule has 0 aliphatic rings. The predicted molar refractivity (Wildman–Crippen MR) is 80.0 cm³/mol. The van der Waals surface area contributed by atoms with Crippen molar-refractivity contribution in [3.8, 4) is 0 Å². The van der Waals surface area contributed by atoms with Gasteiger partial charge in [0, 0.05) is 0 Å². The van der Waals surface area contributed by atoms with Crippen molar-refractivity contribution in [2.24, 2.45) is 0 Å². The smallest absolute Gasteiger partial charge is 0.00395 e. The molecule has 0 bridgehead atoms. The van der Waals surface area contributed by atoms with Gasteiger partial charge in [0.1, 0.15) is 0 Å². The fourth-order valence-electron chi connectivity index (χ4n) is 2.06. The zero-order chi connectivity index (χ0) is 12.4. The first-order valence-electron chi connectivity index (χ1n) is 7.07. The van der Waals surface area contributed by atoms with Gasteiger partial charge in [-0.25, -0.2) is 0 Å². The molecule has 0 rings (SSSR count). The number of hydrogen-bond donors (Lipinski definition) is 0. The molecule has 0 aliphatic heterocycles. The topological polar surface area (TPSA) is 0 Å². The van der Waals surface area contributed by atoms with Crippen molar-refractivity contribution in [1.29, 1.82) is 0 Å². The van der Waals surface area contributed by atoms with Crippen LogP contribution in [0.1, 0.15) is 79.1 Å². The molecule has 0 heterocycles. The van der Waals surface area contributed by atoms with E-state index in [1.807, 2.05) is 0 Å². The lowest BCUT2D eigenvalue weighted by molar-refractivity contribution is 0.642. The third-order valence-electron chi connectivity index (χ3n) is 3.29. The molecule has 2 unspecified atom stereocenters. The molecule has 0 saturated carbocycles. The van der Waals surface area contributed by atoms with Crippen LogP contribution in [0.5, 0.6) is 0 Å². The van der Waals surface area contributed by atoms with Crippen molar-refractivity contribution in [2.75, 3.05) is 0 Å². The van der Waals surface area contributed by atoms with E-state index in [4.69, 9.17) is 11.2 Å². The van der Waals surface area contributed by atoms with Crippen LogP contribution in [-0.2, 0) is 0 Å². The third-order valence-corrected chi connectivity index (χ3v) is 7.49. The first-order chi connectivity index (χ1) is 7.63. The summed E-state index contributed by atoms with van der Waals surface area (Å²) >= 11 is 6.60. The average Bonchev–Trinajstić information content (AvgIpc) is 2.28. The number of rotatable bonds is 10. The molecule has 0 spiro atoms. The normalized spacial score (nSPS) is 17.1. The van der Waals surface area contributed by atoms with Gasteiger partial charge in [-0.15, -0.1) is 0 Å². The van der Waals surface area contributed by atoms with Gasteiger partial charge in [-0.3, -0.25) is 0 Å². The molecule has 0 aromatic rings. The minimum atomic E-state index is -0.264. The molecule has 0 nitrogen and oxygen atoms in total. The van der Waals surface area contributed by atoms with E-state index in [1.54, 1.807) is 0 Å². The molecule has 2 atom stereocenters. The van der Waals surface area contributed by atoms with Crippen LogP contribution in [0.2, 0.25) is 0 Å². The highest BCUT2D eigenvalue weighted by Gasteiger charge is 2.20. The maximum absolute atomic E-state index is 6.60. The van der Waals surface area contributed by atoms with Crippen LogP contribution in [-0.4, -0.2) is 11.3 Å². The van der Waals surface area contributed by atoms with E-state index in [2.05, 4.69) is 27.7 Å². The Morgan fingerprint density at radius 3 is 1.50 bits per heavy atom. The van der Waals surface area contributed by atoms with Gasteiger partial charge in [0.05, 0.1) is 0 Å². The summed E-state index contributed by atoms with van der Waals surface area (Å²) in [6, 6.07) is 0. The van der Waals surface area contributed by atoms with Crippen LogP contribution in [0.15, 0.2) is 0 Å². The summed E-state index contributed by atoms with van der Waals surface area (Å²) in [4.78, 5) is 0. The second kappa shape index (κ2) is 10.8. The van der Waals surface area contributed by atoms with Crippen molar-refractivity contribution in [3.63, 3.8) is 0 Å². The van der Waals surface area contributed by atoms with E-state index >= 15 is 0 Å². The summed E-state index contributed by atoms with van der Waals surface area (Å²) in [5, 5.41) is 0. The molecule has 16 heavy (non-hydrogen) atoms. The van der Waals surface area contributed by atoms with Crippen molar-refractivity contribution in [2.45, 2.75) is 90.4 Å². The van der Waals surface area contributed by atoms with E-state index < -0.39 is 0 Å². The molecule has 0 radical (unpaired) electrons. The van der Waals surface area contributed by atoms with Gasteiger partial charge in [-0.2, -0.15) is 0 Å². The molecular weight excluding hydrogens is 235 g/mol. The van der Waals surface area contributed by atoms with E-state index in [-0.39, 0.29) is 7.27 Å². The second-order valence-electron chi connectivity index (χ2n) is 5.03. The summed E-state index contributed by atoms with van der Waals surface area (Å²) in [6.07, 6.45) is 10.8. The monoisotopic (exact) mass is 264 g/mol. The Bertz CT molecular complexity index is 134. The van der Waals surface area contributed by atoms with Gasteiger partial charge in [0.25, 0.3) is 0 Å². The molecule has 0 saturated heterocycles. The lowest BCUT2D eigenvalue weighted by Crippen LogP contribution is -2.07. The molecule has 2 heteroatoms. The van der Waals surface area contributed by atoms with Crippen LogP contribution in [0.25, 0.3) is 0 Å². The average molecular weight is 265 g/mol. The molecular formula is C14H30ClP. The van der Waals surface area contributed by atoms with Crippen molar-refractivity contribution >= 4 is 18.5 Å². The van der Waals surface area contributed by atoms with Crippen molar-refractivity contribution in [3.05, 3.63) is 0 Å². The predicted octanol–water partition coefficient (Wildman–Crippen LogP) is 6.56. The largest absolute Gasteiger partial charge is 0.0959 e. The molecule has 98 valence electrons. The Labute approximate surface area is 109 Å². The molecule has 0 aromatic carbocycles. The molecule has 0 fully saturated rings. The minimum absolute atomic E-state index is 0.264. The third kappa shape index (κ3) is 7.91. The lowest BCUT2D eigenvalue weighted by Gasteiger charge is -2.24. The summed E-state index contributed by atoms with van der Waals surface area (Å²) in [5.74, 6) is 0. The summed E-state index contributed by atoms with van der Waals surface area (Å²) in [5.41, 5.74) is 1.50. The van der Waals surface area contributed by atoms with Gasteiger partial charge in [0.15, 0.2) is 0 Å². The Morgan fingerprint density at radius 1 is 0.812 bits per heavy atom. The van der Waals surface area contributed by atoms with Crippen LogP contribution in [0, 0.1) is 0 Å². The standard InChI is InChI=1S/C14H30ClP/c1-5-7-9-11-13(3)16(15)14(4)12-10-8-6-2/h13-14H,5-12H2,1-4H3. The Kier molecular flexibility index (Phi) is 11.3. The first-order valence-corrected chi connectivity index (χ1v) is 9.46. The zero-order valence-electron chi connectivity index (χ0n) is 11.6. The van der Waals surface area contributed by atoms with Crippen LogP contribution < -0.4 is 0 Å². The van der Waals surface area contributed by atoms with E-state index in [9.17, 15) is 0 Å². The zero-order valence-corrected chi connectivity index (χ0v) is 13.3. The number of halogens is 1. The minimum Gasteiger partial charge on any atom is -0.0959 e. The maximum atomic E-state index is 6.60. The van der Waals surface area contributed by atoms with Gasteiger partial charge in [-0.05, 0) is 31.4 Å². The van der Waals surface area contributed by atoms with Crippen LogP contribution in [0.4, 0.5) is 0 Å². The molecule has 0 aromatic heterocycles. The van der Waals surface area contributed by atoms with Gasteiger partial charge < -0.3 is 0 Å². The quantitative estimate of drug-likeness (QED) is 0.310. The SMILES string of the molecule is CCCCCC(C)P(Cl)C(C)CCCCC. The van der Waals surface area contributed by atoms with E-state index in [0.29, 0.717) is 0 Å². The number of unbranched alkanes of at least 4 members (excludes halogenated alkanes) is 4. The highest BCUT2D eigenvalue weighted by Crippen LogP contribution is 2.54. The van der Waals surface area contributed by atoms with Crippen molar-refractivity contribution < 1.29 is 0 Å². The Hall–Kier alpha value is 0.720.